The minimum absolute atomic E-state index is 0.0666. The number of nitrogens with zero attached hydrogens (tertiary/aromatic N) is 4. The molecule has 7 N–H and O–H groups in total. The Morgan fingerprint density at radius 2 is 1.09 bits per heavy atom. The van der Waals surface area contributed by atoms with Gasteiger partial charge in [0, 0.05) is 74.9 Å². The lowest BCUT2D eigenvalue weighted by molar-refractivity contribution is -0.138. The van der Waals surface area contributed by atoms with Crippen LogP contribution < -0.4 is 31.7 Å². The molecule has 426 valence electrons. The highest BCUT2D eigenvalue weighted by atomic mass is 32.2. The molecule has 0 radical (unpaired) electrons. The second-order valence-corrected chi connectivity index (χ2v) is 23.0. The average Bonchev–Trinajstić information content (AvgIpc) is 3.77. The number of alkyl halides is 6. The molecule has 2 saturated carbocycles. The number of anilines is 1. The molecule has 3 heterocycles. The highest BCUT2D eigenvalue weighted by Gasteiger charge is 2.42. The van der Waals surface area contributed by atoms with Crippen LogP contribution in [0.2, 0.25) is 0 Å². The number of carbonyl (C=O) groups excluding carboxylic acids is 3. The van der Waals surface area contributed by atoms with Gasteiger partial charge in [-0.05, 0) is 123 Å². The van der Waals surface area contributed by atoms with Gasteiger partial charge in [0.2, 0.25) is 15.9 Å². The molecule has 2 saturated heterocycles. The van der Waals surface area contributed by atoms with Crippen LogP contribution in [0.15, 0.2) is 108 Å². The van der Waals surface area contributed by atoms with Crippen molar-refractivity contribution in [2.75, 3.05) is 50.2 Å². The number of amides is 3. The first-order valence-electron chi connectivity index (χ1n) is 25.9. The van der Waals surface area contributed by atoms with Crippen LogP contribution in [-0.4, -0.2) is 125 Å². The molecule has 0 spiro atoms. The van der Waals surface area contributed by atoms with E-state index in [9.17, 15) is 64.2 Å². The first kappa shape index (κ1) is 58.4. The van der Waals surface area contributed by atoms with Crippen LogP contribution >= 0.6 is 0 Å². The van der Waals surface area contributed by atoms with Crippen LogP contribution in [0.4, 0.5) is 32.0 Å². The number of nitrogens with one attached hydrogen (secondary N) is 5. The normalized spacial score (nSPS) is 22.4. The van der Waals surface area contributed by atoms with Gasteiger partial charge in [-0.1, -0.05) is 36.9 Å². The van der Waals surface area contributed by atoms with Crippen LogP contribution in [-0.2, 0) is 52.5 Å². The van der Waals surface area contributed by atoms with Gasteiger partial charge in [-0.25, -0.2) is 13.2 Å². The Balaban J connectivity index is 0.000000208. The second kappa shape index (κ2) is 23.2. The summed E-state index contributed by atoms with van der Waals surface area (Å²) in [4.78, 5) is 53.6. The van der Waals surface area contributed by atoms with Crippen molar-refractivity contribution in [3.63, 3.8) is 0 Å². The predicted octanol–water partition coefficient (Wildman–Crippen LogP) is 5.68. The molecule has 5 aromatic rings. The maximum Gasteiger partial charge on any atom is 0.416 e. The van der Waals surface area contributed by atoms with Gasteiger partial charge < -0.3 is 31.5 Å². The summed E-state index contributed by atoms with van der Waals surface area (Å²) < 4.78 is 106. The van der Waals surface area contributed by atoms with E-state index in [0.717, 1.165) is 92.0 Å². The van der Waals surface area contributed by atoms with Crippen LogP contribution in [0, 0.1) is 0 Å². The van der Waals surface area contributed by atoms with Crippen molar-refractivity contribution in [1.29, 1.82) is 0 Å². The van der Waals surface area contributed by atoms with Crippen molar-refractivity contribution in [1.82, 2.24) is 40.2 Å². The minimum Gasteiger partial charge on any atom is -0.385 e. The maximum absolute atomic E-state index is 12.9. The molecule has 3 amide bonds. The SMILES string of the molecule is C=C(CNC(=O)c1cccc(C(F)(F)F)c1)NC1CN(C2CCC(O)(c3cccc(NS(C)(=O)=O)c3)CC2)C1.Cn1c(=O)n(C)c2cc(C3(O)CCC(N4CC(NC(=O)CNC(=O)c5cccc(C(F)(F)F)c5)C4)CC3)ccc21. The lowest BCUT2D eigenvalue weighted by Crippen LogP contribution is -2.63. The van der Waals surface area contributed by atoms with Crippen molar-refractivity contribution < 1.29 is 59.4 Å². The summed E-state index contributed by atoms with van der Waals surface area (Å²) >= 11 is 0. The Hall–Kier alpha value is -6.73. The Labute approximate surface area is 453 Å². The molecule has 1 aromatic heterocycles. The largest absolute Gasteiger partial charge is 0.416 e. The quantitative estimate of drug-likeness (QED) is 0.0633. The second-order valence-electron chi connectivity index (χ2n) is 21.2. The minimum atomic E-state index is -4.56. The third kappa shape index (κ3) is 14.2. The van der Waals surface area contributed by atoms with E-state index in [1.165, 1.54) is 18.2 Å². The summed E-state index contributed by atoms with van der Waals surface area (Å²) in [5, 5.41) is 33.7. The molecular weight excluding hydrogens is 1060 g/mol. The zero-order chi connectivity index (χ0) is 57.2. The van der Waals surface area contributed by atoms with Gasteiger partial charge in [-0.3, -0.25) is 38.0 Å². The molecule has 0 atom stereocenters. The fourth-order valence-electron chi connectivity index (χ4n) is 11.0. The third-order valence-corrected chi connectivity index (χ3v) is 16.1. The summed E-state index contributed by atoms with van der Waals surface area (Å²) in [6.07, 6.45) is -2.55. The first-order chi connectivity index (χ1) is 37.1. The lowest BCUT2D eigenvalue weighted by Gasteiger charge is -2.48. The van der Waals surface area contributed by atoms with Crippen molar-refractivity contribution in [2.45, 2.75) is 99.1 Å². The number of carbonyl (C=O) groups is 3. The first-order valence-corrected chi connectivity index (χ1v) is 27.8. The highest BCUT2D eigenvalue weighted by molar-refractivity contribution is 7.92. The Bertz CT molecular complexity index is 3240. The predicted molar refractivity (Wildman–Crippen MR) is 284 cm³/mol. The molecule has 9 rings (SSSR count). The Kier molecular flexibility index (Phi) is 17.1. The zero-order valence-corrected chi connectivity index (χ0v) is 44.7. The number of halogens is 6. The van der Waals surface area contributed by atoms with Crippen molar-refractivity contribution in [3.8, 4) is 0 Å². The summed E-state index contributed by atoms with van der Waals surface area (Å²) in [7, 11) is 0.0370. The molecule has 17 nitrogen and oxygen atoms in total. The van der Waals surface area contributed by atoms with Gasteiger partial charge in [-0.2, -0.15) is 26.3 Å². The van der Waals surface area contributed by atoms with E-state index in [-0.39, 0.29) is 48.0 Å². The monoisotopic (exact) mass is 1130 g/mol. The zero-order valence-electron chi connectivity index (χ0n) is 43.9. The van der Waals surface area contributed by atoms with Gasteiger partial charge in [0.15, 0.2) is 0 Å². The van der Waals surface area contributed by atoms with Gasteiger partial charge in [0.1, 0.15) is 0 Å². The van der Waals surface area contributed by atoms with Gasteiger partial charge in [0.05, 0.1) is 64.8 Å². The summed E-state index contributed by atoms with van der Waals surface area (Å²) in [5.41, 5.74) is -0.0235. The smallest absolute Gasteiger partial charge is 0.385 e. The summed E-state index contributed by atoms with van der Waals surface area (Å²) in [6, 6.07) is 21.5. The van der Waals surface area contributed by atoms with E-state index in [0.29, 0.717) is 61.8 Å². The van der Waals surface area contributed by atoms with Gasteiger partial charge in [0.25, 0.3) is 11.8 Å². The number of rotatable bonds is 15. The maximum atomic E-state index is 12.9. The van der Waals surface area contributed by atoms with Gasteiger partial charge in [-0.15, -0.1) is 0 Å². The number of fused-ring (bicyclic) bond motifs is 1. The molecule has 79 heavy (non-hydrogen) atoms. The van der Waals surface area contributed by atoms with E-state index in [4.69, 9.17) is 0 Å². The number of aromatic nitrogens is 2. The standard InChI is InChI=1S/C28H32F3N5O4.C27H33F3N4O4S/c1-34-22-7-6-18(13-23(22)35(2)26(34)39)27(40)10-8-21(9-11-27)36-15-20(16-36)33-24(37)14-32-25(38)17-4-3-5-19(12-17)28(29,30)31;1-18(15-31-25(35)19-5-3-7-21(13-19)27(28,29)30)32-23-16-34(17-23)24-9-11-26(36,12-10-24)20-6-4-8-22(14-20)33-39(2,37)38/h3-7,12-13,20-21,40H,8-11,14-16H2,1-2H3,(H,32,38)(H,33,37);3-8,13-14,23-24,32-33,36H,1,9-12,15-17H2,2H3,(H,31,35). The van der Waals surface area contributed by atoms with Crippen molar-refractivity contribution >= 4 is 44.5 Å². The van der Waals surface area contributed by atoms with Crippen LogP contribution in [0.25, 0.3) is 11.0 Å². The Morgan fingerprint density at radius 3 is 1.58 bits per heavy atom. The van der Waals surface area contributed by atoms with Gasteiger partial charge >= 0.3 is 18.0 Å². The number of likely N-dealkylation sites (tertiary alicyclic amines) is 2. The van der Waals surface area contributed by atoms with E-state index in [1.54, 1.807) is 41.4 Å². The van der Waals surface area contributed by atoms with Crippen molar-refractivity contribution in [2.24, 2.45) is 14.1 Å². The van der Waals surface area contributed by atoms with Crippen molar-refractivity contribution in [3.05, 3.63) is 147 Å². The fourth-order valence-corrected chi connectivity index (χ4v) is 11.6. The van der Waals surface area contributed by atoms with E-state index in [2.05, 4.69) is 42.4 Å². The van der Waals surface area contributed by atoms with E-state index < -0.39 is 62.4 Å². The van der Waals surface area contributed by atoms with E-state index >= 15 is 0 Å². The molecule has 24 heteroatoms. The number of aliphatic hydroxyl groups is 2. The number of hydrogen-bond acceptors (Lipinski definition) is 11. The summed E-state index contributed by atoms with van der Waals surface area (Å²) in [5.74, 6) is -1.76. The van der Waals surface area contributed by atoms with Crippen LogP contribution in [0.5, 0.6) is 0 Å². The molecule has 4 aromatic carbocycles. The Morgan fingerprint density at radius 1 is 0.633 bits per heavy atom. The molecule has 2 aliphatic carbocycles. The van der Waals surface area contributed by atoms with Crippen LogP contribution in [0.1, 0.15) is 94.3 Å². The topological polar surface area (TPSA) is 219 Å². The number of imidazole rings is 1. The number of hydrogen-bond donors (Lipinski definition) is 7. The number of benzene rings is 4. The van der Waals surface area contributed by atoms with E-state index in [1.807, 2.05) is 24.3 Å². The number of sulfonamides is 1. The average molecular weight is 1130 g/mol. The summed E-state index contributed by atoms with van der Waals surface area (Å²) in [6.45, 7) is 6.52. The molecule has 2 aliphatic heterocycles. The lowest BCUT2D eigenvalue weighted by atomic mass is 9.76. The number of aryl methyl sites for hydroxylation is 2. The third-order valence-electron chi connectivity index (χ3n) is 15.5. The molecule has 4 aliphatic rings. The molecule has 0 bridgehead atoms. The molecule has 4 fully saturated rings. The van der Waals surface area contributed by atoms with Crippen LogP contribution in [0.3, 0.4) is 0 Å². The molecular formula is C55H65F6N9O8S. The molecule has 0 unspecified atom stereocenters. The highest BCUT2D eigenvalue weighted by Crippen LogP contribution is 2.42. The fraction of sp³-hybridized carbons (Fsp3) is 0.455.